The van der Waals surface area contributed by atoms with Crippen LogP contribution in [0.5, 0.6) is 0 Å². The minimum absolute atomic E-state index is 0.0859. The second-order valence-electron chi connectivity index (χ2n) is 2.95. The van der Waals surface area contributed by atoms with Crippen molar-refractivity contribution in [1.29, 1.82) is 0 Å². The van der Waals surface area contributed by atoms with E-state index in [1.165, 1.54) is 0 Å². The van der Waals surface area contributed by atoms with Crippen LogP contribution in [0.3, 0.4) is 0 Å². The molecular weight excluding hydrogens is 178 g/mol. The predicted octanol–water partition coefficient (Wildman–Crippen LogP) is 0.518. The minimum atomic E-state index is -0.0859. The lowest BCUT2D eigenvalue weighted by Gasteiger charge is -2.01. The fourth-order valence-corrected chi connectivity index (χ4v) is 1.07. The van der Waals surface area contributed by atoms with Gasteiger partial charge in [0.25, 0.3) is 0 Å². The summed E-state index contributed by atoms with van der Waals surface area (Å²) in [7, 11) is 0. The monoisotopic (exact) mass is 193 g/mol. The van der Waals surface area contributed by atoms with Gasteiger partial charge in [-0.05, 0) is 24.6 Å². The quantitative estimate of drug-likeness (QED) is 0.650. The van der Waals surface area contributed by atoms with E-state index < -0.39 is 0 Å². The first-order valence-corrected chi connectivity index (χ1v) is 4.49. The molecule has 1 aromatic rings. The fourth-order valence-electron chi connectivity index (χ4n) is 1.07. The van der Waals surface area contributed by atoms with E-state index in [0.717, 1.165) is 12.0 Å². The second-order valence-corrected chi connectivity index (χ2v) is 2.95. The van der Waals surface area contributed by atoms with Gasteiger partial charge in [-0.3, -0.25) is 0 Å². The Morgan fingerprint density at radius 1 is 1.50 bits per heavy atom. The van der Waals surface area contributed by atoms with Crippen molar-refractivity contribution in [1.82, 2.24) is 4.98 Å². The Morgan fingerprint density at radius 3 is 2.93 bits per heavy atom. The molecule has 4 heteroatoms. The smallest absolute Gasteiger partial charge is 0.128 e. The van der Waals surface area contributed by atoms with Crippen LogP contribution in [0.4, 0.5) is 5.82 Å². The van der Waals surface area contributed by atoms with E-state index in [-0.39, 0.29) is 6.61 Å². The predicted molar refractivity (Wildman–Crippen MR) is 57.3 cm³/mol. The van der Waals surface area contributed by atoms with Crippen LogP contribution in [0.15, 0.2) is 18.3 Å². The van der Waals surface area contributed by atoms with Crippen LogP contribution in [0.1, 0.15) is 17.5 Å². The summed E-state index contributed by atoms with van der Waals surface area (Å²) in [6, 6.07) is 1.81. The number of nitrogens with zero attached hydrogens (tertiary/aromatic N) is 1. The highest BCUT2D eigenvalue weighted by Gasteiger charge is 1.98. The van der Waals surface area contributed by atoms with Crippen LogP contribution in [0, 0.1) is 0 Å². The van der Waals surface area contributed by atoms with Crippen LogP contribution in [-0.4, -0.2) is 16.6 Å². The van der Waals surface area contributed by atoms with Crippen LogP contribution >= 0.6 is 0 Å². The number of nitrogens with two attached hydrogens (primary N) is 2. The summed E-state index contributed by atoms with van der Waals surface area (Å²) >= 11 is 0. The van der Waals surface area contributed by atoms with Gasteiger partial charge < -0.3 is 16.6 Å². The van der Waals surface area contributed by atoms with Crippen molar-refractivity contribution in [3.8, 4) is 0 Å². The van der Waals surface area contributed by atoms with E-state index >= 15 is 0 Å². The molecule has 0 aromatic carbocycles. The number of hydrogen-bond donors (Lipinski definition) is 3. The molecule has 1 heterocycles. The molecular formula is C10H15N3O. The summed E-state index contributed by atoms with van der Waals surface area (Å²) in [4.78, 5) is 3.96. The molecule has 1 rings (SSSR count). The van der Waals surface area contributed by atoms with E-state index in [4.69, 9.17) is 16.6 Å². The first-order valence-electron chi connectivity index (χ1n) is 4.49. The molecule has 0 unspecified atom stereocenters. The molecule has 5 N–H and O–H groups in total. The fraction of sp³-hybridized carbons (Fsp3) is 0.300. The number of nitrogen functional groups attached to an aromatic ring is 1. The molecule has 4 nitrogen and oxygen atoms in total. The average molecular weight is 193 g/mol. The molecule has 0 saturated carbocycles. The number of aliphatic hydroxyl groups is 1. The van der Waals surface area contributed by atoms with Crippen molar-refractivity contribution in [3.05, 3.63) is 29.5 Å². The van der Waals surface area contributed by atoms with E-state index in [0.29, 0.717) is 17.9 Å². The zero-order valence-electron chi connectivity index (χ0n) is 7.98. The van der Waals surface area contributed by atoms with Gasteiger partial charge >= 0.3 is 0 Å². The molecule has 14 heavy (non-hydrogen) atoms. The first-order chi connectivity index (χ1) is 6.77. The Balaban J connectivity index is 2.79. The third-order valence-corrected chi connectivity index (χ3v) is 1.84. The summed E-state index contributed by atoms with van der Waals surface area (Å²) < 4.78 is 0. The first kappa shape index (κ1) is 10.7. The van der Waals surface area contributed by atoms with Gasteiger partial charge in [-0.25, -0.2) is 4.98 Å². The Kier molecular flexibility index (Phi) is 4.10. The van der Waals surface area contributed by atoms with Crippen LogP contribution in [0.2, 0.25) is 0 Å². The Labute approximate surface area is 83.3 Å². The summed E-state index contributed by atoms with van der Waals surface area (Å²) in [6.07, 6.45) is 6.38. The number of rotatable bonds is 4. The summed E-state index contributed by atoms with van der Waals surface area (Å²) in [5.74, 6) is 0.378. The van der Waals surface area contributed by atoms with Crippen molar-refractivity contribution >= 4 is 11.9 Å². The van der Waals surface area contributed by atoms with Crippen molar-refractivity contribution in [3.63, 3.8) is 0 Å². The Hall–Kier alpha value is -1.39. The number of aliphatic hydroxyl groups excluding tert-OH is 1. The van der Waals surface area contributed by atoms with E-state index in [1.807, 2.05) is 18.2 Å². The Morgan fingerprint density at radius 2 is 2.29 bits per heavy atom. The molecule has 0 atom stereocenters. The standard InChI is InChI=1S/C10H15N3O/c11-4-2-1-3-8-5-9(7-14)10(12)13-6-8/h1,3,5-6,14H,2,4,7,11H2,(H2,12,13). The van der Waals surface area contributed by atoms with Crippen molar-refractivity contribution in [2.24, 2.45) is 5.73 Å². The second kappa shape index (κ2) is 5.36. The van der Waals surface area contributed by atoms with Gasteiger partial charge in [0.15, 0.2) is 0 Å². The van der Waals surface area contributed by atoms with Crippen molar-refractivity contribution in [2.75, 3.05) is 12.3 Å². The molecule has 0 aliphatic carbocycles. The number of hydrogen-bond acceptors (Lipinski definition) is 4. The summed E-state index contributed by atoms with van der Waals surface area (Å²) in [5.41, 5.74) is 12.5. The lowest BCUT2D eigenvalue weighted by atomic mass is 10.2. The molecule has 1 aromatic heterocycles. The third-order valence-electron chi connectivity index (χ3n) is 1.84. The zero-order chi connectivity index (χ0) is 10.4. The van der Waals surface area contributed by atoms with Gasteiger partial charge in [0.05, 0.1) is 6.61 Å². The van der Waals surface area contributed by atoms with E-state index in [9.17, 15) is 0 Å². The highest BCUT2D eigenvalue weighted by molar-refractivity contribution is 5.53. The number of anilines is 1. The molecule has 0 bridgehead atoms. The van der Waals surface area contributed by atoms with Crippen LogP contribution in [-0.2, 0) is 6.61 Å². The molecule has 0 fully saturated rings. The van der Waals surface area contributed by atoms with E-state index in [1.54, 1.807) is 6.20 Å². The minimum Gasteiger partial charge on any atom is -0.392 e. The zero-order valence-corrected chi connectivity index (χ0v) is 7.98. The van der Waals surface area contributed by atoms with Crippen LogP contribution in [0.25, 0.3) is 6.08 Å². The highest BCUT2D eigenvalue weighted by atomic mass is 16.3. The number of pyridine rings is 1. The normalized spacial score (nSPS) is 11.0. The molecule has 0 aliphatic rings. The van der Waals surface area contributed by atoms with Crippen molar-refractivity contribution in [2.45, 2.75) is 13.0 Å². The van der Waals surface area contributed by atoms with Gasteiger partial charge in [0, 0.05) is 11.8 Å². The molecule has 0 radical (unpaired) electrons. The van der Waals surface area contributed by atoms with Gasteiger partial charge in [0.2, 0.25) is 0 Å². The largest absolute Gasteiger partial charge is 0.392 e. The third kappa shape index (κ3) is 2.83. The maximum Gasteiger partial charge on any atom is 0.128 e. The topological polar surface area (TPSA) is 85.2 Å². The Bertz CT molecular complexity index is 323. The average Bonchev–Trinajstić information content (AvgIpc) is 2.21. The molecule has 0 aliphatic heterocycles. The summed E-state index contributed by atoms with van der Waals surface area (Å²) in [6.45, 7) is 0.545. The maximum absolute atomic E-state index is 8.95. The van der Waals surface area contributed by atoms with Gasteiger partial charge in [0.1, 0.15) is 5.82 Å². The highest BCUT2D eigenvalue weighted by Crippen LogP contribution is 2.11. The lowest BCUT2D eigenvalue weighted by Crippen LogP contribution is -1.98. The number of aromatic nitrogens is 1. The molecule has 0 spiro atoms. The maximum atomic E-state index is 8.95. The molecule has 0 amide bonds. The SMILES string of the molecule is NCCC=Cc1cnc(N)c(CO)c1. The van der Waals surface area contributed by atoms with Gasteiger partial charge in [-0.1, -0.05) is 12.2 Å². The van der Waals surface area contributed by atoms with Gasteiger partial charge in [-0.2, -0.15) is 0 Å². The lowest BCUT2D eigenvalue weighted by molar-refractivity contribution is 0.282. The van der Waals surface area contributed by atoms with Crippen molar-refractivity contribution < 1.29 is 5.11 Å². The summed E-state index contributed by atoms with van der Waals surface area (Å²) in [5, 5.41) is 8.95. The van der Waals surface area contributed by atoms with E-state index in [2.05, 4.69) is 4.98 Å². The van der Waals surface area contributed by atoms with Gasteiger partial charge in [-0.15, -0.1) is 0 Å². The molecule has 0 saturated heterocycles. The molecule has 76 valence electrons. The van der Waals surface area contributed by atoms with Crippen LogP contribution < -0.4 is 11.5 Å².